The lowest BCUT2D eigenvalue weighted by atomic mass is 10.1. The molecule has 150 valence electrons. The minimum atomic E-state index is -0.148. The maximum atomic E-state index is 9.73. The third kappa shape index (κ3) is 3.56. The van der Waals surface area contributed by atoms with Crippen LogP contribution in [0.2, 0.25) is 0 Å². The van der Waals surface area contributed by atoms with E-state index in [2.05, 4.69) is 10.2 Å². The van der Waals surface area contributed by atoms with Crippen LogP contribution in [0.4, 0.5) is 0 Å². The van der Waals surface area contributed by atoms with Gasteiger partial charge in [-0.05, 0) is 38.1 Å². The molecule has 2 aromatic carbocycles. The van der Waals surface area contributed by atoms with Crippen LogP contribution in [-0.2, 0) is 13.7 Å². The summed E-state index contributed by atoms with van der Waals surface area (Å²) in [6.45, 7) is 4.87. The SMILES string of the molecule is CCOc1cc(OCC)cc(-c2cc(CO)nn2-c2cccc3cnn(C)c23)c1. The van der Waals surface area contributed by atoms with Crippen LogP contribution < -0.4 is 9.47 Å². The molecule has 0 unspecified atom stereocenters. The summed E-state index contributed by atoms with van der Waals surface area (Å²) in [7, 11) is 1.91. The van der Waals surface area contributed by atoms with E-state index in [1.54, 1.807) is 0 Å². The maximum absolute atomic E-state index is 9.73. The first kappa shape index (κ1) is 19.0. The van der Waals surface area contributed by atoms with E-state index in [0.717, 1.165) is 39.3 Å². The van der Waals surface area contributed by atoms with E-state index in [0.29, 0.717) is 18.9 Å². The van der Waals surface area contributed by atoms with E-state index in [-0.39, 0.29) is 6.61 Å². The molecule has 1 N–H and O–H groups in total. The number of hydrogen-bond donors (Lipinski definition) is 1. The predicted molar refractivity (Wildman–Crippen MR) is 112 cm³/mol. The van der Waals surface area contributed by atoms with Crippen molar-refractivity contribution in [3.8, 4) is 28.4 Å². The van der Waals surface area contributed by atoms with Gasteiger partial charge in [0.2, 0.25) is 0 Å². The number of aliphatic hydroxyl groups is 1. The van der Waals surface area contributed by atoms with E-state index >= 15 is 0 Å². The lowest BCUT2D eigenvalue weighted by Gasteiger charge is -2.13. The number of hydrogen-bond acceptors (Lipinski definition) is 5. The van der Waals surface area contributed by atoms with E-state index < -0.39 is 0 Å². The van der Waals surface area contributed by atoms with Crippen LogP contribution in [0.3, 0.4) is 0 Å². The Hall–Kier alpha value is -3.32. The number of rotatable bonds is 7. The highest BCUT2D eigenvalue weighted by molar-refractivity contribution is 5.87. The summed E-state index contributed by atoms with van der Waals surface area (Å²) in [5.74, 6) is 1.45. The molecule has 0 radical (unpaired) electrons. The predicted octanol–water partition coefficient (Wildman–Crippen LogP) is 3.72. The molecule has 4 aromatic rings. The summed E-state index contributed by atoms with van der Waals surface area (Å²) < 4.78 is 15.1. The van der Waals surface area contributed by atoms with Gasteiger partial charge in [-0.3, -0.25) is 4.68 Å². The van der Waals surface area contributed by atoms with Crippen molar-refractivity contribution in [3.63, 3.8) is 0 Å². The normalized spacial score (nSPS) is 11.2. The van der Waals surface area contributed by atoms with Gasteiger partial charge in [-0.2, -0.15) is 10.2 Å². The molecule has 4 rings (SSSR count). The van der Waals surface area contributed by atoms with Crippen LogP contribution in [0.1, 0.15) is 19.5 Å². The second-order valence-corrected chi connectivity index (χ2v) is 6.63. The van der Waals surface area contributed by atoms with Gasteiger partial charge in [0.1, 0.15) is 11.5 Å². The minimum Gasteiger partial charge on any atom is -0.494 e. The number of para-hydroxylation sites is 1. The van der Waals surface area contributed by atoms with Crippen LogP contribution >= 0.6 is 0 Å². The fourth-order valence-electron chi connectivity index (χ4n) is 3.50. The number of ether oxygens (including phenoxy) is 2. The summed E-state index contributed by atoms with van der Waals surface area (Å²) in [6, 6.07) is 13.7. The third-order valence-electron chi connectivity index (χ3n) is 4.69. The van der Waals surface area contributed by atoms with Crippen molar-refractivity contribution >= 4 is 10.9 Å². The third-order valence-corrected chi connectivity index (χ3v) is 4.69. The van der Waals surface area contributed by atoms with Crippen molar-refractivity contribution in [2.75, 3.05) is 13.2 Å². The molecule has 0 aliphatic rings. The zero-order valence-electron chi connectivity index (χ0n) is 16.8. The lowest BCUT2D eigenvalue weighted by molar-refractivity contribution is 0.276. The van der Waals surface area contributed by atoms with Crippen molar-refractivity contribution in [1.82, 2.24) is 19.6 Å². The largest absolute Gasteiger partial charge is 0.494 e. The van der Waals surface area contributed by atoms with Crippen LogP contribution in [0.25, 0.3) is 27.8 Å². The lowest BCUT2D eigenvalue weighted by Crippen LogP contribution is -2.04. The quantitative estimate of drug-likeness (QED) is 0.519. The average Bonchev–Trinajstić information content (AvgIpc) is 3.32. The first-order valence-electron chi connectivity index (χ1n) is 9.66. The molecular formula is C22H24N4O3. The van der Waals surface area contributed by atoms with Crippen LogP contribution in [0.5, 0.6) is 11.5 Å². The van der Waals surface area contributed by atoms with Gasteiger partial charge in [0, 0.05) is 24.1 Å². The standard InChI is InChI=1S/C22H24N4O3/c1-4-28-18-9-16(10-19(12-18)29-5-2)21-11-17(14-27)24-26(21)20-8-6-7-15-13-23-25(3)22(15)20/h6-13,27H,4-5,14H2,1-3H3. The Morgan fingerprint density at radius 3 is 2.38 bits per heavy atom. The van der Waals surface area contributed by atoms with Crippen LogP contribution in [0.15, 0.2) is 48.7 Å². The average molecular weight is 392 g/mol. The van der Waals surface area contributed by atoms with Crippen LogP contribution in [-0.4, -0.2) is 37.9 Å². The Bertz CT molecular complexity index is 1120. The Morgan fingerprint density at radius 1 is 1.00 bits per heavy atom. The summed E-state index contributed by atoms with van der Waals surface area (Å²) in [6.07, 6.45) is 1.83. The van der Waals surface area contributed by atoms with Gasteiger partial charge in [0.15, 0.2) is 0 Å². The molecule has 0 fully saturated rings. The molecular weight excluding hydrogens is 368 g/mol. The molecule has 0 saturated heterocycles. The first-order valence-corrected chi connectivity index (χ1v) is 9.66. The highest BCUT2D eigenvalue weighted by Crippen LogP contribution is 2.33. The van der Waals surface area contributed by atoms with Gasteiger partial charge in [-0.15, -0.1) is 0 Å². The Labute approximate surface area is 169 Å². The number of aryl methyl sites for hydroxylation is 1. The molecule has 2 heterocycles. The van der Waals surface area contributed by atoms with E-state index in [1.165, 1.54) is 0 Å². The minimum absolute atomic E-state index is 0.148. The smallest absolute Gasteiger partial charge is 0.123 e. The highest BCUT2D eigenvalue weighted by Gasteiger charge is 2.17. The number of aliphatic hydroxyl groups excluding tert-OH is 1. The molecule has 2 aromatic heterocycles. The molecule has 7 heteroatoms. The summed E-state index contributed by atoms with van der Waals surface area (Å²) >= 11 is 0. The van der Waals surface area contributed by atoms with Crippen LogP contribution in [0, 0.1) is 0 Å². The Kier molecular flexibility index (Phi) is 5.22. The number of nitrogens with zero attached hydrogens (tertiary/aromatic N) is 4. The van der Waals surface area contributed by atoms with Gasteiger partial charge in [0.25, 0.3) is 0 Å². The summed E-state index contributed by atoms with van der Waals surface area (Å²) in [5, 5.41) is 19.8. The molecule has 29 heavy (non-hydrogen) atoms. The molecule has 0 saturated carbocycles. The Morgan fingerprint density at radius 2 is 1.72 bits per heavy atom. The maximum Gasteiger partial charge on any atom is 0.123 e. The van der Waals surface area contributed by atoms with Crippen molar-refractivity contribution in [2.24, 2.45) is 7.05 Å². The van der Waals surface area contributed by atoms with E-state index in [4.69, 9.17) is 9.47 Å². The molecule has 0 spiro atoms. The number of benzene rings is 2. The summed E-state index contributed by atoms with van der Waals surface area (Å²) in [5.41, 5.74) is 4.17. The van der Waals surface area contributed by atoms with E-state index in [1.807, 2.05) is 78.9 Å². The molecule has 7 nitrogen and oxygen atoms in total. The molecule has 0 aliphatic carbocycles. The summed E-state index contributed by atoms with van der Waals surface area (Å²) in [4.78, 5) is 0. The highest BCUT2D eigenvalue weighted by atomic mass is 16.5. The Balaban J connectivity index is 1.94. The topological polar surface area (TPSA) is 74.3 Å². The second-order valence-electron chi connectivity index (χ2n) is 6.63. The zero-order chi connectivity index (χ0) is 20.4. The van der Waals surface area contributed by atoms with Crippen molar-refractivity contribution in [2.45, 2.75) is 20.5 Å². The first-order chi connectivity index (χ1) is 14.1. The number of fused-ring (bicyclic) bond motifs is 1. The van der Waals surface area contributed by atoms with Crippen molar-refractivity contribution in [1.29, 1.82) is 0 Å². The fourth-order valence-corrected chi connectivity index (χ4v) is 3.50. The van der Waals surface area contributed by atoms with Gasteiger partial charge in [0.05, 0.1) is 48.6 Å². The number of aromatic nitrogens is 4. The van der Waals surface area contributed by atoms with E-state index in [9.17, 15) is 5.11 Å². The van der Waals surface area contributed by atoms with Gasteiger partial charge < -0.3 is 14.6 Å². The monoisotopic (exact) mass is 392 g/mol. The zero-order valence-corrected chi connectivity index (χ0v) is 16.8. The van der Waals surface area contributed by atoms with Crippen molar-refractivity contribution < 1.29 is 14.6 Å². The van der Waals surface area contributed by atoms with Crippen molar-refractivity contribution in [3.05, 3.63) is 54.4 Å². The molecule has 0 atom stereocenters. The van der Waals surface area contributed by atoms with Gasteiger partial charge in [-0.25, -0.2) is 4.68 Å². The van der Waals surface area contributed by atoms with Gasteiger partial charge in [-0.1, -0.05) is 12.1 Å². The molecule has 0 amide bonds. The van der Waals surface area contributed by atoms with Gasteiger partial charge >= 0.3 is 0 Å². The second kappa shape index (κ2) is 7.97. The molecule has 0 bridgehead atoms. The molecule has 0 aliphatic heterocycles. The fraction of sp³-hybridized carbons (Fsp3) is 0.273.